The molecule has 0 radical (unpaired) electrons. The summed E-state index contributed by atoms with van der Waals surface area (Å²) in [7, 11) is 3.97. The Morgan fingerprint density at radius 1 is 1.40 bits per heavy atom. The van der Waals surface area contributed by atoms with E-state index in [2.05, 4.69) is 9.88 Å². The van der Waals surface area contributed by atoms with Gasteiger partial charge >= 0.3 is 5.97 Å². The minimum absolute atomic E-state index is 0.716. The van der Waals surface area contributed by atoms with Crippen molar-refractivity contribution in [2.45, 2.75) is 6.54 Å². The largest absolute Gasteiger partial charge is 0.478 e. The molecule has 0 aliphatic carbocycles. The van der Waals surface area contributed by atoms with E-state index in [0.717, 1.165) is 23.2 Å². The van der Waals surface area contributed by atoms with Crippen molar-refractivity contribution in [3.63, 3.8) is 0 Å². The van der Waals surface area contributed by atoms with Gasteiger partial charge in [-0.1, -0.05) is 12.1 Å². The Morgan fingerprint density at radius 2 is 2.10 bits per heavy atom. The molecule has 5 heteroatoms. The van der Waals surface area contributed by atoms with E-state index in [1.54, 1.807) is 12.3 Å². The van der Waals surface area contributed by atoms with E-state index in [-0.39, 0.29) is 0 Å². The average Bonchev–Trinajstić information content (AvgIpc) is 2.82. The highest BCUT2D eigenvalue weighted by molar-refractivity contribution is 5.85. The Balaban J connectivity index is 2.06. The minimum atomic E-state index is -0.944. The van der Waals surface area contributed by atoms with Gasteiger partial charge in [-0.15, -0.1) is 0 Å². The molecule has 1 heterocycles. The highest BCUT2D eigenvalue weighted by Gasteiger charge is 2.05. The highest BCUT2D eigenvalue weighted by atomic mass is 16.4. The molecule has 0 fully saturated rings. The molecule has 0 saturated carbocycles. The molecule has 1 aromatic heterocycles. The normalized spacial score (nSPS) is 10.9. The Morgan fingerprint density at radius 3 is 2.65 bits per heavy atom. The predicted molar refractivity (Wildman–Crippen MR) is 78.4 cm³/mol. The summed E-state index contributed by atoms with van der Waals surface area (Å²) in [4.78, 5) is 16.8. The lowest BCUT2D eigenvalue weighted by Crippen LogP contribution is -2.18. The molecule has 0 amide bonds. The molecule has 1 aromatic carbocycles. The number of anilines is 1. The monoisotopic (exact) mass is 271 g/mol. The molecule has 1 N–H and O–H groups in total. The first kappa shape index (κ1) is 13.9. The highest BCUT2D eigenvalue weighted by Crippen LogP contribution is 2.16. The second-order valence-corrected chi connectivity index (χ2v) is 4.57. The zero-order chi connectivity index (χ0) is 14.5. The van der Waals surface area contributed by atoms with Crippen LogP contribution >= 0.6 is 0 Å². The number of carboxylic acids is 1. The summed E-state index contributed by atoms with van der Waals surface area (Å²) < 4.78 is 1.99. The van der Waals surface area contributed by atoms with Gasteiger partial charge in [0.05, 0.1) is 6.54 Å². The van der Waals surface area contributed by atoms with Crippen molar-refractivity contribution < 1.29 is 9.90 Å². The lowest BCUT2D eigenvalue weighted by atomic mass is 10.2. The van der Waals surface area contributed by atoms with Crippen LogP contribution in [0.2, 0.25) is 0 Å². The van der Waals surface area contributed by atoms with Gasteiger partial charge < -0.3 is 14.6 Å². The first-order valence-electron chi connectivity index (χ1n) is 6.24. The van der Waals surface area contributed by atoms with Gasteiger partial charge in [0.1, 0.15) is 5.82 Å². The molecule has 0 aliphatic heterocycles. The molecule has 0 saturated heterocycles. The molecule has 0 bridgehead atoms. The van der Waals surface area contributed by atoms with E-state index < -0.39 is 5.97 Å². The number of carbonyl (C=O) groups is 1. The molecule has 20 heavy (non-hydrogen) atoms. The average molecular weight is 271 g/mol. The number of aliphatic carboxylic acids is 1. The summed E-state index contributed by atoms with van der Waals surface area (Å²) >= 11 is 0. The van der Waals surface area contributed by atoms with E-state index in [1.807, 2.05) is 49.1 Å². The molecular weight excluding hydrogens is 254 g/mol. The topological polar surface area (TPSA) is 58.4 Å². The van der Waals surface area contributed by atoms with Crippen LogP contribution in [0.1, 0.15) is 11.4 Å². The number of nitrogens with zero attached hydrogens (tertiary/aromatic N) is 3. The van der Waals surface area contributed by atoms with Gasteiger partial charge in [0.25, 0.3) is 0 Å². The van der Waals surface area contributed by atoms with Crippen molar-refractivity contribution in [1.82, 2.24) is 9.55 Å². The molecular formula is C15H17N3O2. The van der Waals surface area contributed by atoms with Gasteiger partial charge in [0, 0.05) is 38.3 Å². The van der Waals surface area contributed by atoms with Crippen LogP contribution < -0.4 is 4.90 Å². The van der Waals surface area contributed by atoms with Crippen LogP contribution in [-0.4, -0.2) is 27.7 Å². The number of hydrogen-bond acceptors (Lipinski definition) is 3. The molecule has 0 unspecified atom stereocenters. The van der Waals surface area contributed by atoms with Crippen molar-refractivity contribution >= 4 is 17.7 Å². The predicted octanol–water partition coefficient (Wildman–Crippen LogP) is 2.15. The maximum Gasteiger partial charge on any atom is 0.328 e. The van der Waals surface area contributed by atoms with E-state index in [0.29, 0.717) is 6.54 Å². The lowest BCUT2D eigenvalue weighted by Gasteiger charge is -2.19. The minimum Gasteiger partial charge on any atom is -0.478 e. The summed E-state index contributed by atoms with van der Waals surface area (Å²) in [6.45, 7) is 0.716. The molecule has 0 atom stereocenters. The van der Waals surface area contributed by atoms with Crippen LogP contribution in [-0.2, 0) is 18.4 Å². The Bertz CT molecular complexity index is 614. The van der Waals surface area contributed by atoms with E-state index in [9.17, 15) is 4.79 Å². The van der Waals surface area contributed by atoms with Gasteiger partial charge in [-0.2, -0.15) is 0 Å². The Kier molecular flexibility index (Phi) is 4.20. The summed E-state index contributed by atoms with van der Waals surface area (Å²) in [5, 5.41) is 8.58. The van der Waals surface area contributed by atoms with Gasteiger partial charge in [0.2, 0.25) is 0 Å². The molecule has 0 spiro atoms. The zero-order valence-corrected chi connectivity index (χ0v) is 11.5. The first-order chi connectivity index (χ1) is 9.56. The first-order valence-corrected chi connectivity index (χ1v) is 6.24. The Hall–Kier alpha value is -2.56. The Labute approximate surface area is 117 Å². The van der Waals surface area contributed by atoms with E-state index >= 15 is 0 Å². The van der Waals surface area contributed by atoms with Crippen LogP contribution in [0.3, 0.4) is 0 Å². The van der Waals surface area contributed by atoms with E-state index in [4.69, 9.17) is 5.11 Å². The number of hydrogen-bond donors (Lipinski definition) is 1. The molecule has 2 rings (SSSR count). The number of benzene rings is 1. The van der Waals surface area contributed by atoms with Gasteiger partial charge in [-0.05, 0) is 23.8 Å². The smallest absolute Gasteiger partial charge is 0.328 e. The number of aryl methyl sites for hydroxylation is 1. The summed E-state index contributed by atoms with van der Waals surface area (Å²) in [5.41, 5.74) is 1.92. The van der Waals surface area contributed by atoms with Crippen molar-refractivity contribution in [1.29, 1.82) is 0 Å². The second kappa shape index (κ2) is 6.06. The molecule has 2 aromatic rings. The summed E-state index contributed by atoms with van der Waals surface area (Å²) in [5.74, 6) is 0.0447. The van der Waals surface area contributed by atoms with Crippen molar-refractivity contribution in [2.75, 3.05) is 11.9 Å². The van der Waals surface area contributed by atoms with Crippen molar-refractivity contribution in [2.24, 2.45) is 7.05 Å². The van der Waals surface area contributed by atoms with Gasteiger partial charge in [-0.3, -0.25) is 0 Å². The zero-order valence-electron chi connectivity index (χ0n) is 11.5. The molecule has 104 valence electrons. The summed E-state index contributed by atoms with van der Waals surface area (Å²) in [6.07, 6.45) is 6.41. The third kappa shape index (κ3) is 3.47. The van der Waals surface area contributed by atoms with Crippen LogP contribution in [0.25, 0.3) is 6.08 Å². The van der Waals surface area contributed by atoms with Crippen LogP contribution in [0.15, 0.2) is 42.7 Å². The van der Waals surface area contributed by atoms with Crippen LogP contribution in [0.4, 0.5) is 5.69 Å². The third-order valence-corrected chi connectivity index (χ3v) is 3.05. The van der Waals surface area contributed by atoms with Crippen LogP contribution in [0.5, 0.6) is 0 Å². The quantitative estimate of drug-likeness (QED) is 0.847. The van der Waals surface area contributed by atoms with E-state index in [1.165, 1.54) is 0 Å². The number of rotatable bonds is 5. The maximum atomic E-state index is 10.5. The van der Waals surface area contributed by atoms with Gasteiger partial charge in [-0.25, -0.2) is 9.78 Å². The second-order valence-electron chi connectivity index (χ2n) is 4.57. The number of aromatic nitrogens is 2. The van der Waals surface area contributed by atoms with Crippen molar-refractivity contribution in [3.05, 3.63) is 54.1 Å². The lowest BCUT2D eigenvalue weighted by molar-refractivity contribution is -0.131. The fourth-order valence-corrected chi connectivity index (χ4v) is 1.86. The summed E-state index contributed by atoms with van der Waals surface area (Å²) in [6, 6.07) is 7.71. The number of carboxylic acid groups (broad SMARTS) is 1. The number of imidazole rings is 1. The molecule has 0 aliphatic rings. The van der Waals surface area contributed by atoms with Gasteiger partial charge in [0.15, 0.2) is 0 Å². The van der Waals surface area contributed by atoms with Crippen LogP contribution in [0, 0.1) is 0 Å². The molecule has 5 nitrogen and oxygen atoms in total. The standard InChI is InChI=1S/C15H17N3O2/c1-17-10-9-16-14(17)11-18(2)13-6-3-12(4-7-13)5-8-15(19)20/h3-10H,11H2,1-2H3,(H,19,20). The SMILES string of the molecule is CN(Cc1nccn1C)c1ccc(C=CC(=O)O)cc1. The maximum absolute atomic E-state index is 10.5. The third-order valence-electron chi connectivity index (χ3n) is 3.05. The van der Waals surface area contributed by atoms with Crippen molar-refractivity contribution in [3.8, 4) is 0 Å². The fraction of sp³-hybridized carbons (Fsp3) is 0.200. The fourth-order valence-electron chi connectivity index (χ4n) is 1.86.